The van der Waals surface area contributed by atoms with E-state index in [9.17, 15) is 4.39 Å². The molecule has 0 radical (unpaired) electrons. The van der Waals surface area contributed by atoms with E-state index < -0.39 is 0 Å². The summed E-state index contributed by atoms with van der Waals surface area (Å²) in [5.74, 6) is 0.891. The quantitative estimate of drug-likeness (QED) is 0.826. The highest BCUT2D eigenvalue weighted by Gasteiger charge is 2.20. The standard InChI is InChI=1S/C16H24FNS/c1-3-18-16(11-19-13-6-4-5-7-13)14-10-12(2)8-9-15(14)17/h8-10,13,16,18H,3-7,11H2,1-2H3. The monoisotopic (exact) mass is 281 g/mol. The van der Waals surface area contributed by atoms with Gasteiger partial charge in [-0.15, -0.1) is 0 Å². The molecule has 1 aromatic carbocycles. The molecule has 0 bridgehead atoms. The Morgan fingerprint density at radius 3 is 2.79 bits per heavy atom. The molecule has 1 aliphatic carbocycles. The van der Waals surface area contributed by atoms with Crippen LogP contribution in [0.25, 0.3) is 0 Å². The Morgan fingerprint density at radius 1 is 1.37 bits per heavy atom. The second-order valence-corrected chi connectivity index (χ2v) is 6.71. The predicted molar refractivity (Wildman–Crippen MR) is 82.3 cm³/mol. The first-order chi connectivity index (χ1) is 9.20. The first kappa shape index (κ1) is 14.9. The highest BCUT2D eigenvalue weighted by Crippen LogP contribution is 2.32. The van der Waals surface area contributed by atoms with Gasteiger partial charge in [-0.3, -0.25) is 0 Å². The van der Waals surface area contributed by atoms with Crippen LogP contribution in [0.1, 0.15) is 49.8 Å². The van der Waals surface area contributed by atoms with Crippen LogP contribution in [-0.4, -0.2) is 17.5 Å². The molecule has 3 heteroatoms. The third kappa shape index (κ3) is 4.22. The first-order valence-electron chi connectivity index (χ1n) is 7.31. The first-order valence-corrected chi connectivity index (χ1v) is 8.36. The number of hydrogen-bond donors (Lipinski definition) is 1. The average molecular weight is 281 g/mol. The molecule has 0 amide bonds. The van der Waals surface area contributed by atoms with E-state index in [-0.39, 0.29) is 11.9 Å². The van der Waals surface area contributed by atoms with E-state index in [1.165, 1.54) is 25.7 Å². The van der Waals surface area contributed by atoms with Crippen LogP contribution in [0, 0.1) is 12.7 Å². The van der Waals surface area contributed by atoms with Crippen LogP contribution < -0.4 is 5.32 Å². The molecule has 1 N–H and O–H groups in total. The van der Waals surface area contributed by atoms with Gasteiger partial charge < -0.3 is 5.32 Å². The van der Waals surface area contributed by atoms with Gasteiger partial charge in [0.2, 0.25) is 0 Å². The molecule has 1 aliphatic rings. The largest absolute Gasteiger partial charge is 0.309 e. The van der Waals surface area contributed by atoms with Crippen LogP contribution >= 0.6 is 11.8 Å². The minimum absolute atomic E-state index is 0.0800. The number of rotatable bonds is 6. The second kappa shape index (κ2) is 7.30. The molecule has 1 aromatic rings. The topological polar surface area (TPSA) is 12.0 Å². The molecule has 1 atom stereocenters. The van der Waals surface area contributed by atoms with Crippen molar-refractivity contribution in [2.75, 3.05) is 12.3 Å². The van der Waals surface area contributed by atoms with Crippen LogP contribution in [-0.2, 0) is 0 Å². The van der Waals surface area contributed by atoms with Crippen LogP contribution in [0.3, 0.4) is 0 Å². The Kier molecular flexibility index (Phi) is 5.71. The van der Waals surface area contributed by atoms with Gasteiger partial charge >= 0.3 is 0 Å². The number of thioether (sulfide) groups is 1. The third-order valence-electron chi connectivity index (χ3n) is 3.78. The predicted octanol–water partition coefficient (Wildman–Crippen LogP) is 4.46. The summed E-state index contributed by atoms with van der Waals surface area (Å²) in [5, 5.41) is 4.22. The van der Waals surface area contributed by atoms with Gasteiger partial charge in [-0.2, -0.15) is 11.8 Å². The summed E-state index contributed by atoms with van der Waals surface area (Å²) in [6, 6.07) is 5.55. The highest BCUT2D eigenvalue weighted by atomic mass is 32.2. The van der Waals surface area contributed by atoms with Crippen LogP contribution in [0.4, 0.5) is 4.39 Å². The molecule has 1 unspecified atom stereocenters. The fourth-order valence-electron chi connectivity index (χ4n) is 2.72. The van der Waals surface area contributed by atoms with Crippen LogP contribution in [0.5, 0.6) is 0 Å². The maximum Gasteiger partial charge on any atom is 0.128 e. The molecule has 0 heterocycles. The molecular weight excluding hydrogens is 257 g/mol. The number of nitrogens with one attached hydrogen (secondary N) is 1. The Labute approximate surface area is 120 Å². The van der Waals surface area contributed by atoms with E-state index in [0.29, 0.717) is 0 Å². The molecule has 1 saturated carbocycles. The SMILES string of the molecule is CCNC(CSC1CCCC1)c1cc(C)ccc1F. The lowest BCUT2D eigenvalue weighted by atomic mass is 10.0. The Hall–Kier alpha value is -0.540. The minimum atomic E-state index is -0.0800. The Balaban J connectivity index is 2.03. The van der Waals surface area contributed by atoms with Crippen molar-refractivity contribution in [2.45, 2.75) is 50.8 Å². The molecule has 19 heavy (non-hydrogen) atoms. The van der Waals surface area contributed by atoms with Crippen molar-refractivity contribution in [3.05, 3.63) is 35.1 Å². The maximum absolute atomic E-state index is 14.0. The second-order valence-electron chi connectivity index (χ2n) is 5.38. The number of benzene rings is 1. The van der Waals surface area contributed by atoms with Gasteiger partial charge in [0.15, 0.2) is 0 Å². The Bertz CT molecular complexity index is 402. The summed E-state index contributed by atoms with van der Waals surface area (Å²) in [6.07, 6.45) is 5.39. The van der Waals surface area contributed by atoms with Crippen molar-refractivity contribution in [1.82, 2.24) is 5.32 Å². The van der Waals surface area contributed by atoms with Crippen molar-refractivity contribution in [1.29, 1.82) is 0 Å². The molecule has 0 aliphatic heterocycles. The summed E-state index contributed by atoms with van der Waals surface area (Å²) in [7, 11) is 0. The Morgan fingerprint density at radius 2 is 2.11 bits per heavy atom. The van der Waals surface area contributed by atoms with E-state index in [4.69, 9.17) is 0 Å². The van der Waals surface area contributed by atoms with Crippen molar-refractivity contribution in [3.8, 4) is 0 Å². The molecule has 0 aromatic heterocycles. The summed E-state index contributed by atoms with van der Waals surface area (Å²) < 4.78 is 14.0. The van der Waals surface area contributed by atoms with E-state index in [0.717, 1.165) is 28.7 Å². The van der Waals surface area contributed by atoms with Crippen molar-refractivity contribution in [3.63, 3.8) is 0 Å². The molecule has 2 rings (SSSR count). The summed E-state index contributed by atoms with van der Waals surface area (Å²) in [4.78, 5) is 0. The highest BCUT2D eigenvalue weighted by molar-refractivity contribution is 7.99. The summed E-state index contributed by atoms with van der Waals surface area (Å²) >= 11 is 2.01. The fourth-order valence-corrected chi connectivity index (χ4v) is 4.15. The third-order valence-corrected chi connectivity index (χ3v) is 5.25. The van der Waals surface area contributed by atoms with Gasteiger partial charge in [0.05, 0.1) is 0 Å². The zero-order valence-electron chi connectivity index (χ0n) is 11.9. The smallest absolute Gasteiger partial charge is 0.128 e. The fraction of sp³-hybridized carbons (Fsp3) is 0.625. The van der Waals surface area contributed by atoms with Crippen LogP contribution in [0.15, 0.2) is 18.2 Å². The zero-order valence-corrected chi connectivity index (χ0v) is 12.7. The average Bonchev–Trinajstić information content (AvgIpc) is 2.91. The van der Waals surface area contributed by atoms with Gasteiger partial charge in [0, 0.05) is 22.6 Å². The van der Waals surface area contributed by atoms with Gasteiger partial charge in [0.1, 0.15) is 5.82 Å². The van der Waals surface area contributed by atoms with E-state index >= 15 is 0 Å². The summed E-state index contributed by atoms with van der Waals surface area (Å²) in [5.41, 5.74) is 1.96. The summed E-state index contributed by atoms with van der Waals surface area (Å²) in [6.45, 7) is 4.99. The number of hydrogen-bond acceptors (Lipinski definition) is 2. The molecule has 1 nitrogen and oxygen atoms in total. The maximum atomic E-state index is 14.0. The molecule has 1 fully saturated rings. The van der Waals surface area contributed by atoms with Gasteiger partial charge in [-0.05, 0) is 32.4 Å². The number of halogens is 1. The van der Waals surface area contributed by atoms with Crippen molar-refractivity contribution >= 4 is 11.8 Å². The minimum Gasteiger partial charge on any atom is -0.309 e. The normalized spacial score (nSPS) is 17.8. The lowest BCUT2D eigenvalue weighted by Gasteiger charge is -2.21. The number of aryl methyl sites for hydroxylation is 1. The van der Waals surface area contributed by atoms with Gasteiger partial charge in [-0.25, -0.2) is 4.39 Å². The van der Waals surface area contributed by atoms with E-state index in [1.54, 1.807) is 6.07 Å². The van der Waals surface area contributed by atoms with E-state index in [1.807, 2.05) is 30.8 Å². The van der Waals surface area contributed by atoms with E-state index in [2.05, 4.69) is 12.2 Å². The van der Waals surface area contributed by atoms with Gasteiger partial charge in [0.25, 0.3) is 0 Å². The van der Waals surface area contributed by atoms with Crippen LogP contribution in [0.2, 0.25) is 0 Å². The molecule has 0 saturated heterocycles. The van der Waals surface area contributed by atoms with Crippen molar-refractivity contribution < 1.29 is 4.39 Å². The zero-order chi connectivity index (χ0) is 13.7. The lowest BCUT2D eigenvalue weighted by molar-refractivity contribution is 0.544. The van der Waals surface area contributed by atoms with Gasteiger partial charge in [-0.1, -0.05) is 37.5 Å². The molecule has 0 spiro atoms. The lowest BCUT2D eigenvalue weighted by Crippen LogP contribution is -2.24. The molecular formula is C16H24FNS. The van der Waals surface area contributed by atoms with Crippen molar-refractivity contribution in [2.24, 2.45) is 0 Å². The molecule has 106 valence electrons.